The molecule has 0 aliphatic carbocycles. The lowest BCUT2D eigenvalue weighted by atomic mass is 10.2. The molecule has 0 amide bonds. The van der Waals surface area contributed by atoms with Gasteiger partial charge in [-0.15, -0.1) is 0 Å². The average molecular weight is 338 g/mol. The summed E-state index contributed by atoms with van der Waals surface area (Å²) in [5.41, 5.74) is 1.96. The summed E-state index contributed by atoms with van der Waals surface area (Å²) < 4.78 is 2.95. The average Bonchev–Trinajstić information content (AvgIpc) is 2.86. The number of hydrogen-bond acceptors (Lipinski definition) is 3. The number of halogens is 1. The van der Waals surface area contributed by atoms with Crippen LogP contribution in [-0.2, 0) is 13.1 Å². The zero-order chi connectivity index (χ0) is 14.5. The molecule has 106 valence electrons. The van der Waals surface area contributed by atoms with Gasteiger partial charge in [-0.1, -0.05) is 6.92 Å². The highest BCUT2D eigenvalue weighted by molar-refractivity contribution is 9.10. The fraction of sp³-hybridized carbons (Fsp3) is 0.286. The maximum absolute atomic E-state index is 10.8. The number of rotatable bonds is 6. The highest BCUT2D eigenvalue weighted by Gasteiger charge is 2.09. The largest absolute Gasteiger partial charge is 0.380 e. The highest BCUT2D eigenvalue weighted by Crippen LogP contribution is 2.27. The Bertz CT molecular complexity index is 610. The minimum absolute atomic E-state index is 0.0826. The number of hydrogen-bond donors (Lipinski definition) is 1. The number of benzene rings is 1. The first kappa shape index (κ1) is 14.6. The van der Waals surface area contributed by atoms with Crippen LogP contribution in [0.2, 0.25) is 0 Å². The predicted octanol–water partition coefficient (Wildman–Crippen LogP) is 4.18. The summed E-state index contributed by atoms with van der Waals surface area (Å²) in [7, 11) is 0. The lowest BCUT2D eigenvalue weighted by Crippen LogP contribution is -2.00. The molecule has 2 rings (SSSR count). The van der Waals surface area contributed by atoms with Crippen LogP contribution < -0.4 is 5.32 Å². The molecule has 2 aromatic rings. The van der Waals surface area contributed by atoms with Gasteiger partial charge in [-0.2, -0.15) is 0 Å². The molecule has 6 heteroatoms. The van der Waals surface area contributed by atoms with Crippen molar-refractivity contribution in [1.82, 2.24) is 4.57 Å². The quantitative estimate of drug-likeness (QED) is 0.635. The van der Waals surface area contributed by atoms with Crippen molar-refractivity contribution >= 4 is 27.3 Å². The van der Waals surface area contributed by atoms with E-state index in [0.29, 0.717) is 6.54 Å². The zero-order valence-corrected chi connectivity index (χ0v) is 12.8. The van der Waals surface area contributed by atoms with Crippen molar-refractivity contribution in [3.8, 4) is 0 Å². The smallest absolute Gasteiger partial charge is 0.271 e. The molecule has 0 spiro atoms. The molecule has 20 heavy (non-hydrogen) atoms. The molecule has 0 aliphatic rings. The second kappa shape index (κ2) is 6.56. The lowest BCUT2D eigenvalue weighted by Gasteiger charge is -2.07. The van der Waals surface area contributed by atoms with E-state index in [1.165, 1.54) is 12.1 Å². The van der Waals surface area contributed by atoms with Gasteiger partial charge in [0.25, 0.3) is 5.69 Å². The van der Waals surface area contributed by atoms with Crippen LogP contribution in [0.15, 0.2) is 41.1 Å². The van der Waals surface area contributed by atoms with Gasteiger partial charge in [0.15, 0.2) is 0 Å². The van der Waals surface area contributed by atoms with Gasteiger partial charge in [0.05, 0.1) is 10.6 Å². The SMILES string of the molecule is CCCn1ccc(CNc2cc([N+](=O)[O-])ccc2Br)c1. The van der Waals surface area contributed by atoms with Crippen molar-refractivity contribution in [1.29, 1.82) is 0 Å². The molecule has 0 aliphatic heterocycles. The molecule has 5 nitrogen and oxygen atoms in total. The van der Waals surface area contributed by atoms with E-state index in [9.17, 15) is 10.1 Å². The number of nitrogens with one attached hydrogen (secondary N) is 1. The van der Waals surface area contributed by atoms with E-state index in [1.807, 2.05) is 12.3 Å². The van der Waals surface area contributed by atoms with Crippen LogP contribution in [0.1, 0.15) is 18.9 Å². The van der Waals surface area contributed by atoms with E-state index in [1.54, 1.807) is 6.07 Å². The van der Waals surface area contributed by atoms with Crippen molar-refractivity contribution < 1.29 is 4.92 Å². The van der Waals surface area contributed by atoms with Crippen molar-refractivity contribution in [3.63, 3.8) is 0 Å². The van der Waals surface area contributed by atoms with Gasteiger partial charge in [0.2, 0.25) is 0 Å². The number of anilines is 1. The van der Waals surface area contributed by atoms with Gasteiger partial charge in [-0.3, -0.25) is 10.1 Å². The lowest BCUT2D eigenvalue weighted by molar-refractivity contribution is -0.384. The van der Waals surface area contributed by atoms with Crippen LogP contribution in [0.3, 0.4) is 0 Å². The van der Waals surface area contributed by atoms with Crippen molar-refractivity contribution in [2.75, 3.05) is 5.32 Å². The molecule has 1 N–H and O–H groups in total. The molecule has 1 heterocycles. The molecule has 0 fully saturated rings. The first-order chi connectivity index (χ1) is 9.60. The number of aromatic nitrogens is 1. The second-order valence-corrected chi connectivity index (χ2v) is 5.39. The van der Waals surface area contributed by atoms with E-state index in [4.69, 9.17) is 0 Å². The van der Waals surface area contributed by atoms with Crippen molar-refractivity contribution in [3.05, 3.63) is 56.8 Å². The minimum atomic E-state index is -0.394. The van der Waals surface area contributed by atoms with E-state index in [0.717, 1.165) is 28.7 Å². The summed E-state index contributed by atoms with van der Waals surface area (Å²) in [6, 6.07) is 6.75. The number of aryl methyl sites for hydroxylation is 1. The molecule has 0 saturated carbocycles. The Balaban J connectivity index is 2.05. The standard InChI is InChI=1S/C14H16BrN3O2/c1-2-6-17-7-5-11(10-17)9-16-14-8-12(18(19)20)3-4-13(14)15/h3-5,7-8,10,16H,2,6,9H2,1H3. The van der Waals surface area contributed by atoms with Crippen LogP contribution in [-0.4, -0.2) is 9.49 Å². The molecular formula is C14H16BrN3O2. The van der Waals surface area contributed by atoms with Crippen LogP contribution in [0, 0.1) is 10.1 Å². The molecule has 0 unspecified atom stereocenters. The Hall–Kier alpha value is -1.82. The third-order valence-corrected chi connectivity index (χ3v) is 3.63. The topological polar surface area (TPSA) is 60.1 Å². The zero-order valence-electron chi connectivity index (χ0n) is 11.2. The number of nitro groups is 1. The maximum atomic E-state index is 10.8. The van der Waals surface area contributed by atoms with Gasteiger partial charge >= 0.3 is 0 Å². The Morgan fingerprint density at radius 2 is 2.20 bits per heavy atom. The summed E-state index contributed by atoms with van der Waals surface area (Å²) in [5.74, 6) is 0. The van der Waals surface area contributed by atoms with Gasteiger partial charge in [0.1, 0.15) is 0 Å². The van der Waals surface area contributed by atoms with Crippen LogP contribution in [0.4, 0.5) is 11.4 Å². The van der Waals surface area contributed by atoms with Crippen LogP contribution in [0.5, 0.6) is 0 Å². The summed E-state index contributed by atoms with van der Waals surface area (Å²) in [6.45, 7) is 3.77. The monoisotopic (exact) mass is 337 g/mol. The first-order valence-corrected chi connectivity index (χ1v) is 7.22. The highest BCUT2D eigenvalue weighted by atomic mass is 79.9. The summed E-state index contributed by atoms with van der Waals surface area (Å²) >= 11 is 3.39. The Morgan fingerprint density at radius 1 is 1.40 bits per heavy atom. The van der Waals surface area contributed by atoms with Gasteiger partial charge in [-0.05, 0) is 40.0 Å². The van der Waals surface area contributed by atoms with Gasteiger partial charge < -0.3 is 9.88 Å². The van der Waals surface area contributed by atoms with E-state index in [-0.39, 0.29) is 5.69 Å². The maximum Gasteiger partial charge on any atom is 0.271 e. The van der Waals surface area contributed by atoms with Crippen molar-refractivity contribution in [2.45, 2.75) is 26.4 Å². The van der Waals surface area contributed by atoms with Crippen LogP contribution in [0.25, 0.3) is 0 Å². The number of nitro benzene ring substituents is 1. The van der Waals surface area contributed by atoms with E-state index < -0.39 is 4.92 Å². The molecule has 1 aromatic carbocycles. The fourth-order valence-electron chi connectivity index (χ4n) is 1.95. The van der Waals surface area contributed by atoms with Gasteiger partial charge in [0, 0.05) is 42.1 Å². The summed E-state index contributed by atoms with van der Waals surface area (Å²) in [5, 5.41) is 14.0. The molecule has 0 atom stereocenters. The molecular weight excluding hydrogens is 322 g/mol. The Kier molecular flexibility index (Phi) is 4.79. The molecule has 1 aromatic heterocycles. The summed E-state index contributed by atoms with van der Waals surface area (Å²) in [6.07, 6.45) is 5.22. The number of nitrogens with zero attached hydrogens (tertiary/aromatic N) is 2. The van der Waals surface area contributed by atoms with E-state index >= 15 is 0 Å². The molecule has 0 bridgehead atoms. The first-order valence-electron chi connectivity index (χ1n) is 6.42. The van der Waals surface area contributed by atoms with Crippen molar-refractivity contribution in [2.24, 2.45) is 0 Å². The third-order valence-electron chi connectivity index (χ3n) is 2.94. The van der Waals surface area contributed by atoms with E-state index in [2.05, 4.69) is 38.9 Å². The third kappa shape index (κ3) is 3.60. The second-order valence-electron chi connectivity index (χ2n) is 4.53. The normalized spacial score (nSPS) is 10.5. The Labute approximate surface area is 125 Å². The molecule has 0 radical (unpaired) electrons. The summed E-state index contributed by atoms with van der Waals surface area (Å²) in [4.78, 5) is 10.4. The predicted molar refractivity (Wildman–Crippen MR) is 82.8 cm³/mol. The Morgan fingerprint density at radius 3 is 2.90 bits per heavy atom. The van der Waals surface area contributed by atoms with Gasteiger partial charge in [-0.25, -0.2) is 0 Å². The fourth-order valence-corrected chi connectivity index (χ4v) is 2.34. The molecule has 0 saturated heterocycles. The van der Waals surface area contributed by atoms with Crippen LogP contribution >= 0.6 is 15.9 Å². The number of non-ortho nitro benzene ring substituents is 1. The minimum Gasteiger partial charge on any atom is -0.380 e.